The maximum Gasteiger partial charge on any atom is 0.0331 e. The van der Waals surface area contributed by atoms with Gasteiger partial charge in [-0.25, -0.2) is 0 Å². The van der Waals surface area contributed by atoms with Crippen LogP contribution in [0.4, 0.5) is 0 Å². The lowest BCUT2D eigenvalue weighted by atomic mass is 10.2. The summed E-state index contributed by atoms with van der Waals surface area (Å²) in [5, 5.41) is 2.13. The lowest BCUT2D eigenvalue weighted by Crippen LogP contribution is -2.36. The summed E-state index contributed by atoms with van der Waals surface area (Å²) in [7, 11) is 0. The van der Waals surface area contributed by atoms with E-state index < -0.39 is 0 Å². The highest BCUT2D eigenvalue weighted by molar-refractivity contribution is 7.09. The van der Waals surface area contributed by atoms with E-state index in [0.29, 0.717) is 12.1 Å². The monoisotopic (exact) mass is 196 g/mol. The fourth-order valence-electron chi connectivity index (χ4n) is 1.86. The molecule has 72 valence electrons. The quantitative estimate of drug-likeness (QED) is 0.779. The van der Waals surface area contributed by atoms with E-state index in [-0.39, 0.29) is 0 Å². The topological polar surface area (TPSA) is 29.3 Å². The van der Waals surface area contributed by atoms with E-state index in [1.807, 2.05) is 11.3 Å². The highest BCUT2D eigenvalue weighted by Gasteiger charge is 2.27. The zero-order chi connectivity index (χ0) is 9.26. The lowest BCUT2D eigenvalue weighted by Gasteiger charge is -2.21. The molecule has 0 amide bonds. The van der Waals surface area contributed by atoms with Gasteiger partial charge in [-0.15, -0.1) is 11.3 Å². The Labute approximate surface area is 83.4 Å². The summed E-state index contributed by atoms with van der Waals surface area (Å²) in [6, 6.07) is 5.23. The summed E-state index contributed by atoms with van der Waals surface area (Å²) in [5.41, 5.74) is 5.96. The molecule has 1 aromatic rings. The van der Waals surface area contributed by atoms with Crippen LogP contribution >= 0.6 is 11.3 Å². The highest BCUT2D eigenvalue weighted by atomic mass is 32.1. The van der Waals surface area contributed by atoms with Gasteiger partial charge in [-0.3, -0.25) is 4.90 Å². The van der Waals surface area contributed by atoms with Crippen molar-refractivity contribution in [1.82, 2.24) is 4.90 Å². The van der Waals surface area contributed by atoms with Crippen LogP contribution in [0.1, 0.15) is 18.2 Å². The average Bonchev–Trinajstić information content (AvgIpc) is 2.71. The summed E-state index contributed by atoms with van der Waals surface area (Å²) in [4.78, 5) is 3.91. The molecule has 2 rings (SSSR count). The predicted octanol–water partition coefficient (Wildman–Crippen LogP) is 1.67. The smallest absolute Gasteiger partial charge is 0.0331 e. The van der Waals surface area contributed by atoms with Crippen molar-refractivity contribution < 1.29 is 0 Å². The predicted molar refractivity (Wildman–Crippen MR) is 56.8 cm³/mol. The third kappa shape index (κ3) is 1.93. The number of hydrogen-bond acceptors (Lipinski definition) is 3. The van der Waals surface area contributed by atoms with Crippen molar-refractivity contribution >= 4 is 11.3 Å². The van der Waals surface area contributed by atoms with Gasteiger partial charge in [0.05, 0.1) is 0 Å². The lowest BCUT2D eigenvalue weighted by molar-refractivity contribution is 0.254. The largest absolute Gasteiger partial charge is 0.326 e. The van der Waals surface area contributed by atoms with Gasteiger partial charge in [-0.05, 0) is 24.8 Å². The van der Waals surface area contributed by atoms with E-state index in [1.165, 1.54) is 4.88 Å². The van der Waals surface area contributed by atoms with Crippen LogP contribution in [-0.4, -0.2) is 23.5 Å². The van der Waals surface area contributed by atoms with Crippen LogP contribution < -0.4 is 5.73 Å². The zero-order valence-corrected chi connectivity index (χ0v) is 8.76. The van der Waals surface area contributed by atoms with Crippen LogP contribution in [0.3, 0.4) is 0 Å². The van der Waals surface area contributed by atoms with Crippen molar-refractivity contribution in [2.45, 2.75) is 32.0 Å². The van der Waals surface area contributed by atoms with Crippen LogP contribution in [0.5, 0.6) is 0 Å². The molecule has 2 atom stereocenters. The van der Waals surface area contributed by atoms with Crippen molar-refractivity contribution in [3.63, 3.8) is 0 Å². The molecule has 2 nitrogen and oxygen atoms in total. The second kappa shape index (κ2) is 3.78. The molecule has 0 radical (unpaired) electrons. The van der Waals surface area contributed by atoms with Crippen molar-refractivity contribution in [3.8, 4) is 0 Å². The summed E-state index contributed by atoms with van der Waals surface area (Å²) in [6.45, 7) is 4.46. The summed E-state index contributed by atoms with van der Waals surface area (Å²) >= 11 is 1.83. The van der Waals surface area contributed by atoms with Gasteiger partial charge in [0.2, 0.25) is 0 Å². The molecule has 13 heavy (non-hydrogen) atoms. The number of rotatable bonds is 2. The van der Waals surface area contributed by atoms with Crippen LogP contribution in [0.25, 0.3) is 0 Å². The second-order valence-corrected chi connectivity index (χ2v) is 4.78. The first-order chi connectivity index (χ1) is 6.27. The summed E-state index contributed by atoms with van der Waals surface area (Å²) in [6.07, 6.45) is 1.15. The molecule has 1 aromatic heterocycles. The second-order valence-electron chi connectivity index (χ2n) is 3.74. The molecule has 1 fully saturated rings. The minimum Gasteiger partial charge on any atom is -0.326 e. The molecule has 1 aliphatic rings. The number of hydrogen-bond donors (Lipinski definition) is 1. The van der Waals surface area contributed by atoms with Crippen LogP contribution in [0, 0.1) is 0 Å². The van der Waals surface area contributed by atoms with Gasteiger partial charge < -0.3 is 5.73 Å². The average molecular weight is 196 g/mol. The van der Waals surface area contributed by atoms with Gasteiger partial charge >= 0.3 is 0 Å². The van der Waals surface area contributed by atoms with E-state index in [9.17, 15) is 0 Å². The third-order valence-corrected chi connectivity index (χ3v) is 3.75. The molecular formula is C10H16N2S. The molecular weight excluding hydrogens is 180 g/mol. The number of nitrogens with two attached hydrogens (primary N) is 1. The molecule has 0 saturated carbocycles. The first kappa shape index (κ1) is 9.19. The third-order valence-electron chi connectivity index (χ3n) is 2.88. The first-order valence-electron chi connectivity index (χ1n) is 4.79. The van der Waals surface area contributed by atoms with E-state index in [4.69, 9.17) is 5.73 Å². The number of thiophene rings is 1. The van der Waals surface area contributed by atoms with Crippen LogP contribution in [0.15, 0.2) is 17.5 Å². The molecule has 2 heterocycles. The molecule has 0 spiro atoms. The fraction of sp³-hybridized carbons (Fsp3) is 0.600. The Bertz CT molecular complexity index is 258. The maximum absolute atomic E-state index is 5.96. The standard InChI is InChI=1S/C10H16N2S/c1-8-10(11)4-5-12(8)7-9-3-2-6-13-9/h2-3,6,8,10H,4-5,7,11H2,1H3. The molecule has 2 N–H and O–H groups in total. The molecule has 0 aromatic carbocycles. The minimum atomic E-state index is 0.375. The Morgan fingerprint density at radius 2 is 2.54 bits per heavy atom. The molecule has 0 bridgehead atoms. The molecule has 1 saturated heterocycles. The van der Waals surface area contributed by atoms with Gasteiger partial charge in [0.25, 0.3) is 0 Å². The molecule has 2 unspecified atom stereocenters. The van der Waals surface area contributed by atoms with E-state index in [0.717, 1.165) is 19.5 Å². The molecule has 0 aliphatic carbocycles. The first-order valence-corrected chi connectivity index (χ1v) is 5.67. The van der Waals surface area contributed by atoms with Gasteiger partial charge in [-0.2, -0.15) is 0 Å². The van der Waals surface area contributed by atoms with E-state index in [2.05, 4.69) is 29.3 Å². The zero-order valence-electron chi connectivity index (χ0n) is 7.94. The summed E-state index contributed by atoms with van der Waals surface area (Å²) in [5.74, 6) is 0. The van der Waals surface area contributed by atoms with Gasteiger partial charge in [0, 0.05) is 30.1 Å². The van der Waals surface area contributed by atoms with Gasteiger partial charge in [0.15, 0.2) is 0 Å². The fourth-order valence-corrected chi connectivity index (χ4v) is 2.59. The minimum absolute atomic E-state index is 0.375. The van der Waals surface area contributed by atoms with Crippen molar-refractivity contribution in [2.24, 2.45) is 5.73 Å². The molecule has 1 aliphatic heterocycles. The van der Waals surface area contributed by atoms with Crippen LogP contribution in [0.2, 0.25) is 0 Å². The number of nitrogens with zero attached hydrogens (tertiary/aromatic N) is 1. The SMILES string of the molecule is CC1C(N)CCN1Cc1cccs1. The maximum atomic E-state index is 5.96. The van der Waals surface area contributed by atoms with Gasteiger partial charge in [-0.1, -0.05) is 6.07 Å². The Hall–Kier alpha value is -0.380. The molecule has 3 heteroatoms. The van der Waals surface area contributed by atoms with Crippen molar-refractivity contribution in [2.75, 3.05) is 6.54 Å². The van der Waals surface area contributed by atoms with E-state index >= 15 is 0 Å². The summed E-state index contributed by atoms with van der Waals surface area (Å²) < 4.78 is 0. The Morgan fingerprint density at radius 3 is 3.08 bits per heavy atom. The highest BCUT2D eigenvalue weighted by Crippen LogP contribution is 2.20. The van der Waals surface area contributed by atoms with Crippen molar-refractivity contribution in [1.29, 1.82) is 0 Å². The number of likely N-dealkylation sites (tertiary alicyclic amines) is 1. The van der Waals surface area contributed by atoms with Crippen molar-refractivity contribution in [3.05, 3.63) is 22.4 Å². The normalized spacial score (nSPS) is 29.7. The van der Waals surface area contributed by atoms with Crippen LogP contribution in [-0.2, 0) is 6.54 Å². The Kier molecular flexibility index (Phi) is 2.67. The van der Waals surface area contributed by atoms with Gasteiger partial charge in [0.1, 0.15) is 0 Å². The van der Waals surface area contributed by atoms with E-state index in [1.54, 1.807) is 0 Å². The Balaban J connectivity index is 1.96. The Morgan fingerprint density at radius 1 is 1.69 bits per heavy atom.